The topological polar surface area (TPSA) is 55.5 Å². The van der Waals surface area contributed by atoms with Crippen LogP contribution in [-0.4, -0.2) is 77.4 Å². The van der Waals surface area contributed by atoms with Crippen molar-refractivity contribution in [1.29, 1.82) is 0 Å². The maximum atomic E-state index is 12.7. The van der Waals surface area contributed by atoms with Crippen molar-refractivity contribution in [2.45, 2.75) is 24.8 Å². The van der Waals surface area contributed by atoms with E-state index in [-0.39, 0.29) is 11.3 Å². The molecule has 3 heterocycles. The molecule has 2 aromatic rings. The van der Waals surface area contributed by atoms with Crippen LogP contribution in [0.1, 0.15) is 34.5 Å². The molecule has 0 saturated carbocycles. The van der Waals surface area contributed by atoms with E-state index in [4.69, 9.17) is 0 Å². The highest BCUT2D eigenvalue weighted by molar-refractivity contribution is 5.92. The van der Waals surface area contributed by atoms with E-state index in [9.17, 15) is 4.79 Å². The molecule has 1 fully saturated rings. The summed E-state index contributed by atoms with van der Waals surface area (Å²) >= 11 is 0. The number of aromatic nitrogens is 2. The second-order valence-electron chi connectivity index (χ2n) is 8.21. The molecule has 0 atom stereocenters. The van der Waals surface area contributed by atoms with Crippen molar-refractivity contribution in [3.63, 3.8) is 0 Å². The van der Waals surface area contributed by atoms with Crippen LogP contribution in [0.5, 0.6) is 0 Å². The number of carbonyl (C=O) groups is 1. The molecule has 1 aromatic carbocycles. The van der Waals surface area contributed by atoms with E-state index < -0.39 is 0 Å². The van der Waals surface area contributed by atoms with Crippen LogP contribution in [0.15, 0.2) is 36.8 Å². The summed E-state index contributed by atoms with van der Waals surface area (Å²) < 4.78 is 0. The van der Waals surface area contributed by atoms with Crippen LogP contribution in [0.2, 0.25) is 0 Å². The molecule has 0 bridgehead atoms. The lowest BCUT2D eigenvalue weighted by Gasteiger charge is -2.49. The number of aromatic amines is 1. The zero-order valence-corrected chi connectivity index (χ0v) is 16.3. The second kappa shape index (κ2) is 7.44. The van der Waals surface area contributed by atoms with Gasteiger partial charge in [0.1, 0.15) is 5.69 Å². The van der Waals surface area contributed by atoms with E-state index in [0.717, 1.165) is 52.1 Å². The number of piperidine rings is 1. The first-order valence-corrected chi connectivity index (χ1v) is 9.80. The summed E-state index contributed by atoms with van der Waals surface area (Å²) in [6, 6.07) is 8.91. The van der Waals surface area contributed by atoms with Crippen LogP contribution in [0.4, 0.5) is 0 Å². The Bertz CT molecular complexity index is 778. The number of benzene rings is 1. The van der Waals surface area contributed by atoms with Crippen molar-refractivity contribution in [2.24, 2.45) is 0 Å². The Morgan fingerprint density at radius 2 is 2.04 bits per heavy atom. The summed E-state index contributed by atoms with van der Waals surface area (Å²) in [5.41, 5.74) is 3.70. The number of likely N-dealkylation sites (N-methyl/N-ethyl adjacent to an activating group) is 1. The fourth-order valence-corrected chi connectivity index (χ4v) is 4.59. The van der Waals surface area contributed by atoms with Gasteiger partial charge in [-0.1, -0.05) is 24.3 Å². The Balaban J connectivity index is 1.52. The van der Waals surface area contributed by atoms with Crippen LogP contribution >= 0.6 is 0 Å². The summed E-state index contributed by atoms with van der Waals surface area (Å²) in [7, 11) is 4.26. The smallest absolute Gasteiger partial charge is 0.271 e. The van der Waals surface area contributed by atoms with E-state index in [1.807, 2.05) is 4.90 Å². The number of imidazole rings is 1. The Labute approximate surface area is 161 Å². The summed E-state index contributed by atoms with van der Waals surface area (Å²) in [4.78, 5) is 26.4. The molecule has 2 aliphatic heterocycles. The molecule has 6 nitrogen and oxygen atoms in total. The van der Waals surface area contributed by atoms with Crippen molar-refractivity contribution < 1.29 is 4.79 Å². The van der Waals surface area contributed by atoms with Gasteiger partial charge in [0, 0.05) is 44.7 Å². The first-order chi connectivity index (χ1) is 13.1. The van der Waals surface area contributed by atoms with Crippen molar-refractivity contribution in [1.82, 2.24) is 24.7 Å². The predicted octanol–water partition coefficient (Wildman–Crippen LogP) is 1.96. The third-order valence-electron chi connectivity index (χ3n) is 6.11. The summed E-state index contributed by atoms with van der Waals surface area (Å²) in [6.07, 6.45) is 5.22. The molecule has 144 valence electrons. The molecule has 1 aromatic heterocycles. The van der Waals surface area contributed by atoms with Crippen molar-refractivity contribution in [3.05, 3.63) is 53.6 Å². The highest BCUT2D eigenvalue weighted by Crippen LogP contribution is 2.41. The molecule has 1 saturated heterocycles. The number of hydrogen-bond acceptors (Lipinski definition) is 4. The molecule has 2 aliphatic rings. The van der Waals surface area contributed by atoms with E-state index in [2.05, 4.69) is 58.1 Å². The predicted molar refractivity (Wildman–Crippen MR) is 106 cm³/mol. The zero-order chi connectivity index (χ0) is 18.9. The molecule has 0 unspecified atom stereocenters. The third kappa shape index (κ3) is 3.64. The molecular formula is C21H29N5O. The van der Waals surface area contributed by atoms with Gasteiger partial charge >= 0.3 is 0 Å². The number of nitrogens with zero attached hydrogens (tertiary/aromatic N) is 4. The Morgan fingerprint density at radius 1 is 1.26 bits per heavy atom. The lowest BCUT2D eigenvalue weighted by Crippen LogP contribution is -2.53. The Morgan fingerprint density at radius 3 is 2.74 bits per heavy atom. The van der Waals surface area contributed by atoms with Gasteiger partial charge in [-0.05, 0) is 38.1 Å². The number of carbonyl (C=O) groups excluding carboxylic acids is 1. The van der Waals surface area contributed by atoms with Gasteiger partial charge in [0.25, 0.3) is 5.91 Å². The van der Waals surface area contributed by atoms with Gasteiger partial charge in [-0.15, -0.1) is 0 Å². The number of amides is 1. The van der Waals surface area contributed by atoms with Crippen LogP contribution < -0.4 is 0 Å². The van der Waals surface area contributed by atoms with Gasteiger partial charge in [-0.2, -0.15) is 0 Å². The SMILES string of the molecule is CN(C)CCN1Cc2ccccc2C2(CCN(C(=O)c3cnc[nH]3)CC2)C1. The molecule has 6 heteroatoms. The van der Waals surface area contributed by atoms with E-state index in [1.165, 1.54) is 11.1 Å². The first kappa shape index (κ1) is 18.2. The van der Waals surface area contributed by atoms with Gasteiger partial charge in [-0.25, -0.2) is 4.98 Å². The molecule has 1 N–H and O–H groups in total. The fourth-order valence-electron chi connectivity index (χ4n) is 4.59. The number of likely N-dealkylation sites (tertiary alicyclic amines) is 1. The van der Waals surface area contributed by atoms with Crippen LogP contribution in [-0.2, 0) is 12.0 Å². The summed E-state index contributed by atoms with van der Waals surface area (Å²) in [5.74, 6) is 0.0657. The Hall–Kier alpha value is -2.18. The van der Waals surface area contributed by atoms with E-state index in [0.29, 0.717) is 5.69 Å². The number of nitrogens with one attached hydrogen (secondary N) is 1. The van der Waals surface area contributed by atoms with Crippen molar-refractivity contribution >= 4 is 5.91 Å². The quantitative estimate of drug-likeness (QED) is 0.898. The maximum Gasteiger partial charge on any atom is 0.271 e. The number of H-pyrrole nitrogens is 1. The minimum atomic E-state index is 0.0657. The maximum absolute atomic E-state index is 12.7. The molecule has 0 radical (unpaired) electrons. The molecule has 1 amide bonds. The van der Waals surface area contributed by atoms with Gasteiger partial charge in [-0.3, -0.25) is 9.69 Å². The van der Waals surface area contributed by atoms with Crippen LogP contribution in [0.25, 0.3) is 0 Å². The molecule has 4 rings (SSSR count). The monoisotopic (exact) mass is 367 g/mol. The van der Waals surface area contributed by atoms with Crippen molar-refractivity contribution in [3.8, 4) is 0 Å². The minimum absolute atomic E-state index is 0.0657. The van der Waals surface area contributed by atoms with Crippen LogP contribution in [0, 0.1) is 0 Å². The largest absolute Gasteiger partial charge is 0.341 e. The average Bonchev–Trinajstić information content (AvgIpc) is 3.21. The van der Waals surface area contributed by atoms with Gasteiger partial charge < -0.3 is 14.8 Å². The second-order valence-corrected chi connectivity index (χ2v) is 8.21. The highest BCUT2D eigenvalue weighted by Gasteiger charge is 2.42. The van der Waals surface area contributed by atoms with Gasteiger partial charge in [0.2, 0.25) is 0 Å². The molecular weight excluding hydrogens is 338 g/mol. The first-order valence-electron chi connectivity index (χ1n) is 9.80. The zero-order valence-electron chi connectivity index (χ0n) is 16.3. The van der Waals surface area contributed by atoms with E-state index in [1.54, 1.807) is 12.5 Å². The molecule has 1 spiro atoms. The van der Waals surface area contributed by atoms with E-state index >= 15 is 0 Å². The minimum Gasteiger partial charge on any atom is -0.341 e. The third-order valence-corrected chi connectivity index (χ3v) is 6.11. The molecule has 27 heavy (non-hydrogen) atoms. The normalized spacial score (nSPS) is 19.4. The average molecular weight is 367 g/mol. The van der Waals surface area contributed by atoms with Crippen LogP contribution in [0.3, 0.4) is 0 Å². The fraction of sp³-hybridized carbons (Fsp3) is 0.524. The summed E-state index contributed by atoms with van der Waals surface area (Å²) in [5, 5.41) is 0. The molecule has 0 aliphatic carbocycles. The lowest BCUT2D eigenvalue weighted by atomic mass is 9.69. The van der Waals surface area contributed by atoms with Gasteiger partial charge in [0.05, 0.1) is 12.5 Å². The highest BCUT2D eigenvalue weighted by atomic mass is 16.2. The summed E-state index contributed by atoms with van der Waals surface area (Å²) in [6.45, 7) is 5.87. The number of hydrogen-bond donors (Lipinski definition) is 1. The Kier molecular flexibility index (Phi) is 5.02. The van der Waals surface area contributed by atoms with Crippen molar-refractivity contribution in [2.75, 3.05) is 46.8 Å². The number of rotatable bonds is 4. The lowest BCUT2D eigenvalue weighted by molar-refractivity contribution is 0.0583. The number of fused-ring (bicyclic) bond motifs is 2. The standard InChI is InChI=1S/C21H29N5O/c1-24(2)11-12-25-14-17-5-3-4-6-18(17)21(15-25)7-9-26(10-8-21)20(27)19-13-22-16-23-19/h3-6,13,16H,7-12,14-15H2,1-2H3,(H,22,23). The van der Waals surface area contributed by atoms with Gasteiger partial charge in [0.15, 0.2) is 0 Å².